The Morgan fingerprint density at radius 1 is 1.07 bits per heavy atom. The molecule has 2 aromatic rings. The van der Waals surface area contributed by atoms with Crippen molar-refractivity contribution in [1.29, 1.82) is 0 Å². The van der Waals surface area contributed by atoms with E-state index in [-0.39, 0.29) is 22.9 Å². The van der Waals surface area contributed by atoms with E-state index in [0.717, 1.165) is 11.1 Å². The van der Waals surface area contributed by atoms with Crippen LogP contribution < -0.4 is 10.5 Å². The first-order valence-electron chi connectivity index (χ1n) is 8.25. The first-order chi connectivity index (χ1) is 12.5. The van der Waals surface area contributed by atoms with Crippen molar-refractivity contribution in [2.75, 3.05) is 18.9 Å². The van der Waals surface area contributed by atoms with Crippen LogP contribution in [0.25, 0.3) is 0 Å². The molecule has 0 aliphatic heterocycles. The summed E-state index contributed by atoms with van der Waals surface area (Å²) in [6, 6.07) is 9.66. The van der Waals surface area contributed by atoms with E-state index in [1.54, 1.807) is 13.0 Å². The lowest BCUT2D eigenvalue weighted by Gasteiger charge is -2.19. The second-order valence-electron chi connectivity index (χ2n) is 6.48. The number of likely N-dealkylation sites (N-methyl/N-ethyl adjacent to an activating group) is 1. The first-order valence-corrected chi connectivity index (χ1v) is 9.80. The van der Waals surface area contributed by atoms with Gasteiger partial charge in [-0.25, -0.2) is 13.6 Å². The average molecular weight is 389 g/mol. The van der Waals surface area contributed by atoms with E-state index in [4.69, 9.17) is 5.14 Å². The van der Waals surface area contributed by atoms with Gasteiger partial charge in [0.05, 0.1) is 11.4 Å². The Morgan fingerprint density at radius 2 is 1.74 bits per heavy atom. The number of primary sulfonamides is 1. The number of rotatable bonds is 5. The van der Waals surface area contributed by atoms with E-state index >= 15 is 0 Å². The fourth-order valence-electron chi connectivity index (χ4n) is 2.58. The van der Waals surface area contributed by atoms with Crippen LogP contribution in [0.4, 0.5) is 5.69 Å². The summed E-state index contributed by atoms with van der Waals surface area (Å²) in [5, 5.41) is 7.92. The van der Waals surface area contributed by atoms with Crippen LogP contribution in [0.15, 0.2) is 41.3 Å². The summed E-state index contributed by atoms with van der Waals surface area (Å²) in [7, 11) is -2.44. The van der Waals surface area contributed by atoms with Gasteiger partial charge in [-0.2, -0.15) is 0 Å². The van der Waals surface area contributed by atoms with Gasteiger partial charge < -0.3 is 10.2 Å². The van der Waals surface area contributed by atoms with Crippen molar-refractivity contribution in [2.24, 2.45) is 5.14 Å². The molecule has 0 unspecified atom stereocenters. The van der Waals surface area contributed by atoms with Gasteiger partial charge in [0.15, 0.2) is 0 Å². The summed E-state index contributed by atoms with van der Waals surface area (Å²) in [5.41, 5.74) is 3.47. The maximum atomic E-state index is 12.7. The highest BCUT2D eigenvalue weighted by atomic mass is 32.2. The number of carbonyl (C=O) groups is 2. The lowest BCUT2D eigenvalue weighted by Crippen LogP contribution is -2.35. The SMILES string of the molecule is Cc1ccc(S(N)(=O)=O)cc1C(=O)N(C)CC(=O)Nc1cccc(C)c1C. The monoisotopic (exact) mass is 389 g/mol. The molecule has 0 radical (unpaired) electrons. The number of hydrogen-bond acceptors (Lipinski definition) is 4. The number of nitrogens with zero attached hydrogens (tertiary/aromatic N) is 1. The lowest BCUT2D eigenvalue weighted by molar-refractivity contribution is -0.116. The molecule has 2 amide bonds. The van der Waals surface area contributed by atoms with Crippen LogP contribution in [0.2, 0.25) is 0 Å². The molecule has 2 aromatic carbocycles. The minimum Gasteiger partial charge on any atom is -0.332 e. The van der Waals surface area contributed by atoms with Crippen LogP contribution >= 0.6 is 0 Å². The van der Waals surface area contributed by atoms with Gasteiger partial charge in [-0.3, -0.25) is 9.59 Å². The zero-order chi connectivity index (χ0) is 20.4. The zero-order valence-electron chi connectivity index (χ0n) is 15.7. The molecule has 0 saturated carbocycles. The fraction of sp³-hybridized carbons (Fsp3) is 0.263. The van der Waals surface area contributed by atoms with Gasteiger partial charge in [-0.05, 0) is 55.7 Å². The number of anilines is 1. The van der Waals surface area contributed by atoms with E-state index in [0.29, 0.717) is 11.3 Å². The van der Waals surface area contributed by atoms with Gasteiger partial charge in [0, 0.05) is 18.3 Å². The number of hydrogen-bond donors (Lipinski definition) is 2. The molecular weight excluding hydrogens is 366 g/mol. The summed E-state index contributed by atoms with van der Waals surface area (Å²) in [5.74, 6) is -0.811. The molecular formula is C19H23N3O4S. The standard InChI is InChI=1S/C19H23N3O4S/c1-12-6-5-7-17(14(12)3)21-18(23)11-22(4)19(24)16-10-15(27(20,25)26)9-8-13(16)2/h5-10H,11H2,1-4H3,(H,21,23)(H2,20,25,26). The molecule has 0 atom stereocenters. The van der Waals surface area contributed by atoms with Crippen LogP contribution in [0.5, 0.6) is 0 Å². The van der Waals surface area contributed by atoms with Gasteiger partial charge in [-0.1, -0.05) is 18.2 Å². The maximum Gasteiger partial charge on any atom is 0.254 e. The molecule has 8 heteroatoms. The maximum absolute atomic E-state index is 12.7. The summed E-state index contributed by atoms with van der Waals surface area (Å²) in [6.45, 7) is 5.36. The number of amides is 2. The Hall–Kier alpha value is -2.71. The molecule has 0 fully saturated rings. The van der Waals surface area contributed by atoms with Crippen molar-refractivity contribution < 1.29 is 18.0 Å². The molecule has 3 N–H and O–H groups in total. The highest BCUT2D eigenvalue weighted by molar-refractivity contribution is 7.89. The Balaban J connectivity index is 2.16. The molecule has 0 aromatic heterocycles. The largest absolute Gasteiger partial charge is 0.332 e. The van der Waals surface area contributed by atoms with Crippen molar-refractivity contribution >= 4 is 27.5 Å². The van der Waals surface area contributed by atoms with E-state index < -0.39 is 15.9 Å². The summed E-state index contributed by atoms with van der Waals surface area (Å²) >= 11 is 0. The van der Waals surface area contributed by atoms with E-state index in [1.807, 2.05) is 26.0 Å². The second-order valence-corrected chi connectivity index (χ2v) is 8.04. The molecule has 27 heavy (non-hydrogen) atoms. The van der Waals surface area contributed by atoms with Crippen LogP contribution in [-0.4, -0.2) is 38.7 Å². The molecule has 144 valence electrons. The van der Waals surface area contributed by atoms with Gasteiger partial charge in [0.1, 0.15) is 0 Å². The highest BCUT2D eigenvalue weighted by Crippen LogP contribution is 2.19. The Bertz CT molecular complexity index is 1000. The number of carbonyl (C=O) groups excluding carboxylic acids is 2. The van der Waals surface area contributed by atoms with Crippen molar-refractivity contribution in [2.45, 2.75) is 25.7 Å². The van der Waals surface area contributed by atoms with Crippen molar-refractivity contribution in [3.05, 3.63) is 58.7 Å². The molecule has 7 nitrogen and oxygen atoms in total. The number of sulfonamides is 1. The third kappa shape index (κ3) is 4.93. The van der Waals surface area contributed by atoms with Gasteiger partial charge in [-0.15, -0.1) is 0 Å². The van der Waals surface area contributed by atoms with Crippen molar-refractivity contribution in [3.63, 3.8) is 0 Å². The Morgan fingerprint density at radius 3 is 2.37 bits per heavy atom. The second kappa shape index (κ2) is 7.89. The third-order valence-electron chi connectivity index (χ3n) is 4.37. The summed E-state index contributed by atoms with van der Waals surface area (Å²) in [6.07, 6.45) is 0. The smallest absolute Gasteiger partial charge is 0.254 e. The van der Waals surface area contributed by atoms with Crippen LogP contribution in [-0.2, 0) is 14.8 Å². The average Bonchev–Trinajstić information content (AvgIpc) is 2.57. The molecule has 0 spiro atoms. The summed E-state index contributed by atoms with van der Waals surface area (Å²) < 4.78 is 23.0. The molecule has 0 saturated heterocycles. The van der Waals surface area contributed by atoms with Crippen LogP contribution in [0.3, 0.4) is 0 Å². The van der Waals surface area contributed by atoms with Crippen LogP contribution in [0, 0.1) is 20.8 Å². The van der Waals surface area contributed by atoms with Crippen LogP contribution in [0.1, 0.15) is 27.0 Å². The summed E-state index contributed by atoms with van der Waals surface area (Å²) in [4.78, 5) is 26.1. The highest BCUT2D eigenvalue weighted by Gasteiger charge is 2.20. The van der Waals surface area contributed by atoms with E-state index in [9.17, 15) is 18.0 Å². The van der Waals surface area contributed by atoms with Crippen molar-refractivity contribution in [1.82, 2.24) is 4.90 Å². The molecule has 0 bridgehead atoms. The van der Waals surface area contributed by atoms with Gasteiger partial charge >= 0.3 is 0 Å². The third-order valence-corrected chi connectivity index (χ3v) is 5.29. The predicted molar refractivity (Wildman–Crippen MR) is 104 cm³/mol. The topological polar surface area (TPSA) is 110 Å². The predicted octanol–water partition coefficient (Wildman–Crippen LogP) is 1.97. The van der Waals surface area contributed by atoms with E-state index in [1.165, 1.54) is 30.1 Å². The fourth-order valence-corrected chi connectivity index (χ4v) is 3.12. The number of aryl methyl sites for hydroxylation is 2. The van der Waals surface area contributed by atoms with Gasteiger partial charge in [0.25, 0.3) is 5.91 Å². The number of benzene rings is 2. The molecule has 2 rings (SSSR count). The molecule has 0 heterocycles. The number of nitrogens with two attached hydrogens (primary N) is 1. The lowest BCUT2D eigenvalue weighted by atomic mass is 10.1. The first kappa shape index (κ1) is 20.6. The quantitative estimate of drug-likeness (QED) is 0.814. The van der Waals surface area contributed by atoms with Gasteiger partial charge in [0.2, 0.25) is 15.9 Å². The van der Waals surface area contributed by atoms with Crippen molar-refractivity contribution in [3.8, 4) is 0 Å². The Labute approximate surface area is 159 Å². The molecule has 0 aliphatic carbocycles. The minimum absolute atomic E-state index is 0.148. The normalized spacial score (nSPS) is 11.1. The Kier molecular flexibility index (Phi) is 6.02. The number of nitrogens with one attached hydrogen (secondary N) is 1. The minimum atomic E-state index is -3.92. The molecule has 0 aliphatic rings. The zero-order valence-corrected chi connectivity index (χ0v) is 16.6. The van der Waals surface area contributed by atoms with E-state index in [2.05, 4.69) is 5.32 Å².